The largest absolute Gasteiger partial charge is 0.390 e. The molecule has 0 aromatic rings. The third-order valence-corrected chi connectivity index (χ3v) is 3.03. The molecule has 0 spiro atoms. The third-order valence-electron chi connectivity index (χ3n) is 3.03. The van der Waals surface area contributed by atoms with Crippen LogP contribution in [0, 0.1) is 5.92 Å². The molecule has 2 heteroatoms. The van der Waals surface area contributed by atoms with Crippen LogP contribution in [0.3, 0.4) is 0 Å². The van der Waals surface area contributed by atoms with Gasteiger partial charge in [0, 0.05) is 0 Å². The zero-order chi connectivity index (χ0) is 10.8. The van der Waals surface area contributed by atoms with E-state index >= 15 is 0 Å². The second-order valence-corrected chi connectivity index (χ2v) is 4.87. The highest BCUT2D eigenvalue weighted by molar-refractivity contribution is 4.92. The van der Waals surface area contributed by atoms with Gasteiger partial charge in [-0.15, -0.1) is 6.58 Å². The summed E-state index contributed by atoms with van der Waals surface area (Å²) in [7, 11) is 0. The second kappa shape index (κ2) is 4.45. The average molecular weight is 198 g/mol. The standard InChI is InChI=1S/C12H22O2/c1-5-7-12(4)8-6-10(14-12)11(13)9(2)3/h5,9-11,13H,1,6-8H2,2-4H3/t10-,11+,12-/m1/s1. The first kappa shape index (κ1) is 11.7. The highest BCUT2D eigenvalue weighted by Gasteiger charge is 2.38. The van der Waals surface area contributed by atoms with Gasteiger partial charge in [-0.3, -0.25) is 0 Å². The Balaban J connectivity index is 2.51. The van der Waals surface area contributed by atoms with Gasteiger partial charge in [0.1, 0.15) is 0 Å². The summed E-state index contributed by atoms with van der Waals surface area (Å²) in [6.45, 7) is 9.88. The lowest BCUT2D eigenvalue weighted by molar-refractivity contribution is -0.0896. The van der Waals surface area contributed by atoms with E-state index in [2.05, 4.69) is 13.5 Å². The lowest BCUT2D eigenvalue weighted by Gasteiger charge is -2.27. The van der Waals surface area contributed by atoms with Crippen LogP contribution in [-0.4, -0.2) is 22.9 Å². The lowest BCUT2D eigenvalue weighted by Crippen LogP contribution is -2.33. The summed E-state index contributed by atoms with van der Waals surface area (Å²) < 4.78 is 5.89. The molecule has 82 valence electrons. The van der Waals surface area contributed by atoms with Crippen LogP contribution in [0.1, 0.15) is 40.0 Å². The molecule has 14 heavy (non-hydrogen) atoms. The first-order valence-corrected chi connectivity index (χ1v) is 5.45. The second-order valence-electron chi connectivity index (χ2n) is 4.87. The maximum absolute atomic E-state index is 9.88. The van der Waals surface area contributed by atoms with Crippen molar-refractivity contribution < 1.29 is 9.84 Å². The van der Waals surface area contributed by atoms with Crippen molar-refractivity contribution >= 4 is 0 Å². The van der Waals surface area contributed by atoms with Crippen molar-refractivity contribution in [3.63, 3.8) is 0 Å². The Kier molecular flexibility index (Phi) is 3.73. The summed E-state index contributed by atoms with van der Waals surface area (Å²) in [6.07, 6.45) is 4.43. The molecular formula is C12H22O2. The molecule has 1 N–H and O–H groups in total. The molecule has 0 bridgehead atoms. The van der Waals surface area contributed by atoms with E-state index in [0.717, 1.165) is 19.3 Å². The fourth-order valence-corrected chi connectivity index (χ4v) is 2.06. The Morgan fingerprint density at radius 2 is 2.29 bits per heavy atom. The van der Waals surface area contributed by atoms with E-state index < -0.39 is 0 Å². The summed E-state index contributed by atoms with van der Waals surface area (Å²) in [5.74, 6) is 0.270. The average Bonchev–Trinajstić information content (AvgIpc) is 2.47. The molecular weight excluding hydrogens is 176 g/mol. The van der Waals surface area contributed by atoms with Crippen molar-refractivity contribution in [2.75, 3.05) is 0 Å². The smallest absolute Gasteiger partial charge is 0.0845 e. The number of aliphatic hydroxyl groups is 1. The highest BCUT2D eigenvalue weighted by atomic mass is 16.5. The van der Waals surface area contributed by atoms with Crippen LogP contribution < -0.4 is 0 Å². The molecule has 1 aliphatic rings. The number of rotatable bonds is 4. The topological polar surface area (TPSA) is 29.5 Å². The van der Waals surface area contributed by atoms with Gasteiger partial charge < -0.3 is 9.84 Å². The van der Waals surface area contributed by atoms with Crippen LogP contribution in [-0.2, 0) is 4.74 Å². The van der Waals surface area contributed by atoms with E-state index in [9.17, 15) is 5.11 Å². The van der Waals surface area contributed by atoms with Gasteiger partial charge in [-0.2, -0.15) is 0 Å². The molecule has 0 aromatic carbocycles. The fraction of sp³-hybridized carbons (Fsp3) is 0.833. The molecule has 3 atom stereocenters. The van der Waals surface area contributed by atoms with Gasteiger partial charge >= 0.3 is 0 Å². The predicted molar refractivity (Wildman–Crippen MR) is 58.2 cm³/mol. The first-order valence-electron chi connectivity index (χ1n) is 5.45. The summed E-state index contributed by atoms with van der Waals surface area (Å²) >= 11 is 0. The van der Waals surface area contributed by atoms with Crippen LogP contribution in [0.5, 0.6) is 0 Å². The van der Waals surface area contributed by atoms with E-state index in [1.54, 1.807) is 0 Å². The first-order chi connectivity index (χ1) is 6.48. The fourth-order valence-electron chi connectivity index (χ4n) is 2.06. The van der Waals surface area contributed by atoms with E-state index in [1.807, 2.05) is 19.9 Å². The Labute approximate surface area is 87.0 Å². The molecule has 1 saturated heterocycles. The van der Waals surface area contributed by atoms with Crippen molar-refractivity contribution in [2.45, 2.75) is 57.8 Å². The molecule has 0 aliphatic carbocycles. The normalized spacial score (nSPS) is 34.8. The Hall–Kier alpha value is -0.340. The number of aliphatic hydroxyl groups excluding tert-OH is 1. The Morgan fingerprint density at radius 3 is 2.79 bits per heavy atom. The van der Waals surface area contributed by atoms with Crippen LogP contribution in [0.25, 0.3) is 0 Å². The number of ether oxygens (including phenoxy) is 1. The minimum absolute atomic E-state index is 0.0138. The van der Waals surface area contributed by atoms with Gasteiger partial charge in [-0.25, -0.2) is 0 Å². The van der Waals surface area contributed by atoms with E-state index in [1.165, 1.54) is 0 Å². The van der Waals surface area contributed by atoms with Crippen molar-refractivity contribution in [3.05, 3.63) is 12.7 Å². The highest BCUT2D eigenvalue weighted by Crippen LogP contribution is 2.35. The minimum atomic E-state index is -0.332. The molecule has 0 amide bonds. The lowest BCUT2D eigenvalue weighted by atomic mass is 9.96. The monoisotopic (exact) mass is 198 g/mol. The van der Waals surface area contributed by atoms with Crippen LogP contribution in [0.4, 0.5) is 0 Å². The maximum Gasteiger partial charge on any atom is 0.0845 e. The molecule has 1 fully saturated rings. The van der Waals surface area contributed by atoms with Gasteiger partial charge in [-0.1, -0.05) is 19.9 Å². The molecule has 1 heterocycles. The number of hydrogen-bond donors (Lipinski definition) is 1. The predicted octanol–water partition coefficient (Wildman–Crippen LogP) is 2.52. The van der Waals surface area contributed by atoms with E-state index in [-0.39, 0.29) is 23.7 Å². The number of hydrogen-bond acceptors (Lipinski definition) is 2. The summed E-state index contributed by atoms with van der Waals surface area (Å²) in [5, 5.41) is 9.88. The zero-order valence-electron chi connectivity index (χ0n) is 9.49. The van der Waals surface area contributed by atoms with Crippen molar-refractivity contribution in [1.29, 1.82) is 0 Å². The summed E-state index contributed by atoms with van der Waals surface area (Å²) in [5.41, 5.74) is -0.0950. The Bertz CT molecular complexity index is 200. The van der Waals surface area contributed by atoms with Crippen molar-refractivity contribution in [2.24, 2.45) is 5.92 Å². The molecule has 0 radical (unpaired) electrons. The molecule has 2 nitrogen and oxygen atoms in total. The van der Waals surface area contributed by atoms with Gasteiger partial charge in [0.05, 0.1) is 17.8 Å². The minimum Gasteiger partial charge on any atom is -0.390 e. The van der Waals surface area contributed by atoms with Gasteiger partial charge in [0.25, 0.3) is 0 Å². The van der Waals surface area contributed by atoms with Crippen molar-refractivity contribution in [1.82, 2.24) is 0 Å². The third kappa shape index (κ3) is 2.58. The zero-order valence-corrected chi connectivity index (χ0v) is 9.49. The molecule has 1 rings (SSSR count). The molecule has 0 unspecified atom stereocenters. The molecule has 0 aromatic heterocycles. The SMILES string of the molecule is C=CC[C@]1(C)CC[C@H]([C@@H](O)C(C)C)O1. The van der Waals surface area contributed by atoms with Crippen LogP contribution >= 0.6 is 0 Å². The quantitative estimate of drug-likeness (QED) is 0.703. The van der Waals surface area contributed by atoms with Gasteiger partial charge in [0.15, 0.2) is 0 Å². The molecule has 0 saturated carbocycles. The van der Waals surface area contributed by atoms with Gasteiger partial charge in [-0.05, 0) is 32.1 Å². The van der Waals surface area contributed by atoms with Gasteiger partial charge in [0.2, 0.25) is 0 Å². The summed E-state index contributed by atoms with van der Waals surface area (Å²) in [6, 6.07) is 0. The van der Waals surface area contributed by atoms with E-state index in [4.69, 9.17) is 4.74 Å². The maximum atomic E-state index is 9.88. The Morgan fingerprint density at radius 1 is 1.64 bits per heavy atom. The summed E-state index contributed by atoms with van der Waals surface area (Å²) in [4.78, 5) is 0. The molecule has 1 aliphatic heterocycles. The van der Waals surface area contributed by atoms with Crippen molar-refractivity contribution in [3.8, 4) is 0 Å². The van der Waals surface area contributed by atoms with Crippen LogP contribution in [0.2, 0.25) is 0 Å². The van der Waals surface area contributed by atoms with Crippen LogP contribution in [0.15, 0.2) is 12.7 Å². The van der Waals surface area contributed by atoms with E-state index in [0.29, 0.717) is 0 Å².